The summed E-state index contributed by atoms with van der Waals surface area (Å²) in [5.41, 5.74) is 5.67. The fourth-order valence-electron chi connectivity index (χ4n) is 2.20. The molecule has 2 rings (SSSR count). The summed E-state index contributed by atoms with van der Waals surface area (Å²) in [6.07, 6.45) is 1.14. The number of hydrogen-bond acceptors (Lipinski definition) is 2. The van der Waals surface area contributed by atoms with Gasteiger partial charge in [0.25, 0.3) is 0 Å². The molecule has 1 N–H and O–H groups in total. The maximum absolute atomic E-state index is 5.69. The number of rotatable bonds is 7. The van der Waals surface area contributed by atoms with Crippen LogP contribution in [0.4, 0.5) is 0 Å². The number of hydroxylamine groups is 1. The SMILES string of the molecule is CC(ONC[C@@H](C)Cc1ccccc1)c1ccccc1. The van der Waals surface area contributed by atoms with Crippen LogP contribution in [0.3, 0.4) is 0 Å². The van der Waals surface area contributed by atoms with E-state index in [0.717, 1.165) is 13.0 Å². The van der Waals surface area contributed by atoms with Gasteiger partial charge in [-0.3, -0.25) is 4.84 Å². The molecule has 0 amide bonds. The molecule has 0 saturated heterocycles. The lowest BCUT2D eigenvalue weighted by atomic mass is 10.0. The van der Waals surface area contributed by atoms with E-state index in [2.05, 4.69) is 61.8 Å². The molecule has 0 bridgehead atoms. The average Bonchev–Trinajstić information content (AvgIpc) is 2.49. The third-order valence-electron chi connectivity index (χ3n) is 3.39. The summed E-state index contributed by atoms with van der Waals surface area (Å²) in [4.78, 5) is 5.69. The van der Waals surface area contributed by atoms with Crippen LogP contribution in [0.2, 0.25) is 0 Å². The van der Waals surface area contributed by atoms with Crippen molar-refractivity contribution in [3.8, 4) is 0 Å². The first-order chi connectivity index (χ1) is 9.75. The Morgan fingerprint density at radius 3 is 2.15 bits per heavy atom. The van der Waals surface area contributed by atoms with Gasteiger partial charge in [0.15, 0.2) is 0 Å². The summed E-state index contributed by atoms with van der Waals surface area (Å²) < 4.78 is 0. The molecule has 2 atom stereocenters. The van der Waals surface area contributed by atoms with Gasteiger partial charge in [0.05, 0.1) is 0 Å². The van der Waals surface area contributed by atoms with Gasteiger partial charge < -0.3 is 0 Å². The van der Waals surface area contributed by atoms with Gasteiger partial charge >= 0.3 is 0 Å². The molecule has 2 aromatic rings. The van der Waals surface area contributed by atoms with Crippen molar-refractivity contribution >= 4 is 0 Å². The Kier molecular flexibility index (Phi) is 5.78. The lowest BCUT2D eigenvalue weighted by Gasteiger charge is -2.17. The van der Waals surface area contributed by atoms with Gasteiger partial charge in [0.2, 0.25) is 0 Å². The molecule has 1 unspecified atom stereocenters. The monoisotopic (exact) mass is 269 g/mol. The topological polar surface area (TPSA) is 21.3 Å². The minimum Gasteiger partial charge on any atom is -0.294 e. The Hall–Kier alpha value is -1.64. The van der Waals surface area contributed by atoms with Crippen molar-refractivity contribution in [1.82, 2.24) is 5.48 Å². The first kappa shape index (κ1) is 14.8. The third-order valence-corrected chi connectivity index (χ3v) is 3.39. The van der Waals surface area contributed by atoms with Crippen molar-refractivity contribution in [2.75, 3.05) is 6.54 Å². The smallest absolute Gasteiger partial charge is 0.101 e. The molecular weight excluding hydrogens is 246 g/mol. The van der Waals surface area contributed by atoms with Crippen molar-refractivity contribution in [3.05, 3.63) is 71.8 Å². The van der Waals surface area contributed by atoms with Crippen LogP contribution in [0.5, 0.6) is 0 Å². The van der Waals surface area contributed by atoms with Crippen LogP contribution in [-0.4, -0.2) is 6.54 Å². The van der Waals surface area contributed by atoms with Crippen LogP contribution >= 0.6 is 0 Å². The molecule has 20 heavy (non-hydrogen) atoms. The standard InChI is InChI=1S/C18H23NO/c1-15(13-17-9-5-3-6-10-17)14-19-20-16(2)18-11-7-4-8-12-18/h3-12,15-16,19H,13-14H2,1-2H3/t15-,16?/m0/s1. The Morgan fingerprint density at radius 1 is 0.900 bits per heavy atom. The third kappa shape index (κ3) is 4.80. The van der Waals surface area contributed by atoms with E-state index >= 15 is 0 Å². The summed E-state index contributed by atoms with van der Waals surface area (Å²) in [6, 6.07) is 20.8. The number of nitrogens with one attached hydrogen (secondary N) is 1. The Balaban J connectivity index is 1.70. The highest BCUT2D eigenvalue weighted by Gasteiger charge is 2.07. The predicted octanol–water partition coefficient (Wildman–Crippen LogP) is 4.15. The number of benzene rings is 2. The fraction of sp³-hybridized carbons (Fsp3) is 0.333. The Morgan fingerprint density at radius 2 is 1.50 bits per heavy atom. The number of hydrogen-bond donors (Lipinski definition) is 1. The van der Waals surface area contributed by atoms with Crippen LogP contribution in [0.15, 0.2) is 60.7 Å². The lowest BCUT2D eigenvalue weighted by molar-refractivity contribution is -0.0218. The van der Waals surface area contributed by atoms with Gasteiger partial charge in [-0.1, -0.05) is 67.6 Å². The second-order valence-corrected chi connectivity index (χ2v) is 5.31. The molecule has 0 saturated carbocycles. The maximum Gasteiger partial charge on any atom is 0.101 e. The van der Waals surface area contributed by atoms with E-state index in [1.54, 1.807) is 0 Å². The average molecular weight is 269 g/mol. The second-order valence-electron chi connectivity index (χ2n) is 5.31. The first-order valence-electron chi connectivity index (χ1n) is 7.23. The molecule has 0 fully saturated rings. The van der Waals surface area contributed by atoms with E-state index < -0.39 is 0 Å². The first-order valence-corrected chi connectivity index (χ1v) is 7.23. The van der Waals surface area contributed by atoms with Crippen molar-refractivity contribution in [3.63, 3.8) is 0 Å². The van der Waals surface area contributed by atoms with Crippen molar-refractivity contribution in [2.24, 2.45) is 5.92 Å². The molecule has 0 aliphatic rings. The normalized spacial score (nSPS) is 13.9. The zero-order valence-electron chi connectivity index (χ0n) is 12.3. The highest BCUT2D eigenvalue weighted by molar-refractivity contribution is 5.17. The zero-order chi connectivity index (χ0) is 14.2. The van der Waals surface area contributed by atoms with Crippen molar-refractivity contribution < 1.29 is 4.84 Å². The molecule has 0 spiro atoms. The van der Waals surface area contributed by atoms with Gasteiger partial charge in [0.1, 0.15) is 6.10 Å². The summed E-state index contributed by atoms with van der Waals surface area (Å²) in [7, 11) is 0. The minimum absolute atomic E-state index is 0.0696. The van der Waals surface area contributed by atoms with Gasteiger partial charge in [0, 0.05) is 6.54 Å². The van der Waals surface area contributed by atoms with Crippen molar-refractivity contribution in [1.29, 1.82) is 0 Å². The highest BCUT2D eigenvalue weighted by Crippen LogP contribution is 2.14. The van der Waals surface area contributed by atoms with E-state index in [1.807, 2.05) is 18.2 Å². The fourth-order valence-corrected chi connectivity index (χ4v) is 2.20. The molecule has 0 aliphatic carbocycles. The lowest BCUT2D eigenvalue weighted by Crippen LogP contribution is -2.24. The van der Waals surface area contributed by atoms with E-state index in [-0.39, 0.29) is 6.10 Å². The van der Waals surface area contributed by atoms with Gasteiger partial charge in [-0.25, -0.2) is 5.48 Å². The van der Waals surface area contributed by atoms with Crippen LogP contribution in [0, 0.1) is 5.92 Å². The van der Waals surface area contributed by atoms with Gasteiger partial charge in [-0.2, -0.15) is 0 Å². The van der Waals surface area contributed by atoms with E-state index in [0.29, 0.717) is 5.92 Å². The summed E-state index contributed by atoms with van der Waals surface area (Å²) in [5.74, 6) is 0.542. The minimum atomic E-state index is 0.0696. The van der Waals surface area contributed by atoms with Gasteiger partial charge in [-0.15, -0.1) is 0 Å². The Bertz CT molecular complexity index is 483. The quantitative estimate of drug-likeness (QED) is 0.762. The molecule has 0 heterocycles. The molecule has 2 aromatic carbocycles. The Labute approximate surface area is 121 Å². The largest absolute Gasteiger partial charge is 0.294 e. The molecule has 2 heteroatoms. The molecular formula is C18H23NO. The van der Waals surface area contributed by atoms with Crippen LogP contribution in [0.1, 0.15) is 31.1 Å². The molecule has 0 radical (unpaired) electrons. The zero-order valence-corrected chi connectivity index (χ0v) is 12.3. The van der Waals surface area contributed by atoms with Crippen LogP contribution in [-0.2, 0) is 11.3 Å². The molecule has 106 valence electrons. The molecule has 0 aliphatic heterocycles. The second kappa shape index (κ2) is 7.83. The summed E-state index contributed by atoms with van der Waals surface area (Å²) >= 11 is 0. The predicted molar refractivity (Wildman–Crippen MR) is 83.3 cm³/mol. The summed E-state index contributed by atoms with van der Waals surface area (Å²) in [5, 5.41) is 0. The van der Waals surface area contributed by atoms with Crippen LogP contribution in [0.25, 0.3) is 0 Å². The maximum atomic E-state index is 5.69. The van der Waals surface area contributed by atoms with Crippen LogP contribution < -0.4 is 5.48 Å². The van der Waals surface area contributed by atoms with Crippen molar-refractivity contribution in [2.45, 2.75) is 26.4 Å². The summed E-state index contributed by atoms with van der Waals surface area (Å²) in [6.45, 7) is 5.15. The van der Waals surface area contributed by atoms with E-state index in [9.17, 15) is 0 Å². The highest BCUT2D eigenvalue weighted by atomic mass is 16.7. The molecule has 2 nitrogen and oxygen atoms in total. The van der Waals surface area contributed by atoms with E-state index in [4.69, 9.17) is 4.84 Å². The van der Waals surface area contributed by atoms with E-state index in [1.165, 1.54) is 11.1 Å². The van der Waals surface area contributed by atoms with Gasteiger partial charge in [-0.05, 0) is 30.4 Å². The molecule has 0 aromatic heterocycles.